The van der Waals surface area contributed by atoms with Gasteiger partial charge in [-0.05, 0) is 18.6 Å². The Morgan fingerprint density at radius 2 is 2.04 bits per heavy atom. The summed E-state index contributed by atoms with van der Waals surface area (Å²) in [6.07, 6.45) is 0. The van der Waals surface area contributed by atoms with E-state index in [1.165, 1.54) is 0 Å². The van der Waals surface area contributed by atoms with Crippen LogP contribution in [0.4, 0.5) is 4.39 Å². The summed E-state index contributed by atoms with van der Waals surface area (Å²) in [4.78, 5) is 4.82. The maximum absolute atomic E-state index is 14.8. The SMILES string of the molecule is C=C(C)c1ccc(-c2nc(-c3cccc(CN)c3F)c3n2CCS3)cc1. The number of aromatic nitrogens is 2. The fraction of sp³-hybridized carbons (Fsp3) is 0.190. The molecule has 0 fully saturated rings. The molecule has 3 nitrogen and oxygen atoms in total. The van der Waals surface area contributed by atoms with Crippen LogP contribution in [0.2, 0.25) is 0 Å². The van der Waals surface area contributed by atoms with Crippen LogP contribution in [-0.2, 0) is 13.1 Å². The molecule has 4 rings (SSSR count). The van der Waals surface area contributed by atoms with Crippen LogP contribution in [-0.4, -0.2) is 15.3 Å². The zero-order valence-corrected chi connectivity index (χ0v) is 15.4. The Balaban J connectivity index is 1.85. The first-order valence-electron chi connectivity index (χ1n) is 8.57. The topological polar surface area (TPSA) is 43.8 Å². The number of rotatable bonds is 4. The third-order valence-electron chi connectivity index (χ3n) is 4.66. The normalized spacial score (nSPS) is 13.0. The van der Waals surface area contributed by atoms with Crippen molar-refractivity contribution in [1.29, 1.82) is 0 Å². The zero-order valence-electron chi connectivity index (χ0n) is 14.6. The minimum Gasteiger partial charge on any atom is -0.326 e. The van der Waals surface area contributed by atoms with Crippen LogP contribution in [0.5, 0.6) is 0 Å². The molecule has 0 spiro atoms. The molecule has 0 amide bonds. The van der Waals surface area contributed by atoms with Gasteiger partial charge in [-0.1, -0.05) is 48.6 Å². The van der Waals surface area contributed by atoms with Gasteiger partial charge in [0, 0.05) is 35.5 Å². The van der Waals surface area contributed by atoms with E-state index in [0.717, 1.165) is 39.8 Å². The van der Waals surface area contributed by atoms with Gasteiger partial charge in [0.05, 0.1) is 0 Å². The Morgan fingerprint density at radius 3 is 2.73 bits per heavy atom. The van der Waals surface area contributed by atoms with Crippen molar-refractivity contribution in [3.05, 3.63) is 66.0 Å². The average Bonchev–Trinajstić information content (AvgIpc) is 3.25. The van der Waals surface area contributed by atoms with Crippen LogP contribution in [0.15, 0.2) is 54.1 Å². The minimum atomic E-state index is -0.271. The van der Waals surface area contributed by atoms with Crippen LogP contribution in [0.1, 0.15) is 18.1 Å². The van der Waals surface area contributed by atoms with E-state index >= 15 is 0 Å². The Hall–Kier alpha value is -2.37. The molecule has 0 saturated heterocycles. The Labute approximate surface area is 156 Å². The summed E-state index contributed by atoms with van der Waals surface area (Å²) in [6.45, 7) is 7.03. The molecule has 3 aromatic rings. The van der Waals surface area contributed by atoms with Gasteiger partial charge in [0.15, 0.2) is 0 Å². The van der Waals surface area contributed by atoms with Gasteiger partial charge in [0.25, 0.3) is 0 Å². The van der Waals surface area contributed by atoms with Gasteiger partial charge in [0.2, 0.25) is 0 Å². The van der Waals surface area contributed by atoms with Crippen LogP contribution in [0.25, 0.3) is 28.2 Å². The van der Waals surface area contributed by atoms with Crippen molar-refractivity contribution in [1.82, 2.24) is 9.55 Å². The summed E-state index contributed by atoms with van der Waals surface area (Å²) in [6, 6.07) is 13.6. The first-order chi connectivity index (χ1) is 12.6. The van der Waals surface area contributed by atoms with E-state index in [-0.39, 0.29) is 12.4 Å². The second-order valence-corrected chi connectivity index (χ2v) is 7.51. The molecule has 2 N–H and O–H groups in total. The van der Waals surface area contributed by atoms with E-state index < -0.39 is 0 Å². The van der Waals surface area contributed by atoms with E-state index in [2.05, 4.69) is 35.4 Å². The number of hydrogen-bond acceptors (Lipinski definition) is 3. The van der Waals surface area contributed by atoms with E-state index in [4.69, 9.17) is 10.7 Å². The van der Waals surface area contributed by atoms with Crippen molar-refractivity contribution in [2.45, 2.75) is 25.0 Å². The first-order valence-corrected chi connectivity index (χ1v) is 9.56. The summed E-state index contributed by atoms with van der Waals surface area (Å²) < 4.78 is 17.0. The van der Waals surface area contributed by atoms with E-state index in [1.54, 1.807) is 23.9 Å². The predicted molar refractivity (Wildman–Crippen MR) is 106 cm³/mol. The Kier molecular flexibility index (Phi) is 4.42. The summed E-state index contributed by atoms with van der Waals surface area (Å²) in [5, 5.41) is 1.03. The first kappa shape index (κ1) is 17.1. The van der Waals surface area contributed by atoms with Gasteiger partial charge < -0.3 is 10.3 Å². The Morgan fingerprint density at radius 1 is 1.27 bits per heavy atom. The highest BCUT2D eigenvalue weighted by Crippen LogP contribution is 2.40. The number of nitrogens with zero attached hydrogens (tertiary/aromatic N) is 2. The zero-order chi connectivity index (χ0) is 18.3. The molecular formula is C21H20FN3S. The highest BCUT2D eigenvalue weighted by molar-refractivity contribution is 7.99. The second-order valence-electron chi connectivity index (χ2n) is 6.43. The highest BCUT2D eigenvalue weighted by Gasteiger charge is 2.26. The molecule has 0 unspecified atom stereocenters. The number of halogens is 1. The second kappa shape index (κ2) is 6.74. The van der Waals surface area contributed by atoms with Crippen LogP contribution in [0, 0.1) is 5.82 Å². The average molecular weight is 365 g/mol. The highest BCUT2D eigenvalue weighted by atomic mass is 32.2. The number of benzene rings is 2. The molecule has 1 aromatic heterocycles. The van der Waals surface area contributed by atoms with Crippen molar-refractivity contribution >= 4 is 17.3 Å². The summed E-state index contributed by atoms with van der Waals surface area (Å²) in [5.41, 5.74) is 10.6. The number of nitrogens with two attached hydrogens (primary N) is 1. The lowest BCUT2D eigenvalue weighted by Crippen LogP contribution is -2.01. The van der Waals surface area contributed by atoms with E-state index in [9.17, 15) is 4.39 Å². The number of allylic oxidation sites excluding steroid dienone is 1. The number of fused-ring (bicyclic) bond motifs is 1. The van der Waals surface area contributed by atoms with Crippen LogP contribution >= 0.6 is 11.8 Å². The van der Waals surface area contributed by atoms with E-state index in [0.29, 0.717) is 16.8 Å². The largest absolute Gasteiger partial charge is 0.326 e. The molecule has 0 atom stereocenters. The van der Waals surface area contributed by atoms with Crippen molar-refractivity contribution in [3.63, 3.8) is 0 Å². The smallest absolute Gasteiger partial charge is 0.141 e. The lowest BCUT2D eigenvalue weighted by atomic mass is 10.1. The number of thioether (sulfide) groups is 1. The van der Waals surface area contributed by atoms with Crippen molar-refractivity contribution < 1.29 is 4.39 Å². The van der Waals surface area contributed by atoms with Crippen molar-refractivity contribution in [3.8, 4) is 22.6 Å². The number of hydrogen-bond donors (Lipinski definition) is 1. The van der Waals surface area contributed by atoms with Gasteiger partial charge in [-0.2, -0.15) is 0 Å². The molecule has 132 valence electrons. The van der Waals surface area contributed by atoms with Gasteiger partial charge in [-0.25, -0.2) is 9.37 Å². The van der Waals surface area contributed by atoms with Gasteiger partial charge in [-0.15, -0.1) is 11.8 Å². The third kappa shape index (κ3) is 2.77. The molecule has 2 aromatic carbocycles. The lowest BCUT2D eigenvalue weighted by Gasteiger charge is -2.05. The fourth-order valence-corrected chi connectivity index (χ4v) is 4.34. The molecule has 0 aliphatic carbocycles. The molecule has 1 aliphatic heterocycles. The monoisotopic (exact) mass is 365 g/mol. The minimum absolute atomic E-state index is 0.179. The van der Waals surface area contributed by atoms with Crippen LogP contribution < -0.4 is 5.73 Å². The molecule has 0 radical (unpaired) electrons. The molecule has 0 saturated carbocycles. The fourth-order valence-electron chi connectivity index (χ4n) is 3.25. The van der Waals surface area contributed by atoms with Gasteiger partial charge in [0.1, 0.15) is 22.4 Å². The van der Waals surface area contributed by atoms with E-state index in [1.807, 2.05) is 13.0 Å². The molecule has 0 bridgehead atoms. The summed E-state index contributed by atoms with van der Waals surface area (Å²) >= 11 is 1.72. The molecule has 1 aliphatic rings. The maximum Gasteiger partial charge on any atom is 0.141 e. The summed E-state index contributed by atoms with van der Waals surface area (Å²) in [5.74, 6) is 1.58. The molecule has 2 heterocycles. The van der Waals surface area contributed by atoms with Crippen molar-refractivity contribution in [2.24, 2.45) is 5.73 Å². The van der Waals surface area contributed by atoms with Gasteiger partial charge in [-0.3, -0.25) is 0 Å². The molecule has 26 heavy (non-hydrogen) atoms. The quantitative estimate of drug-likeness (QED) is 0.711. The predicted octanol–water partition coefficient (Wildman–Crippen LogP) is 4.95. The third-order valence-corrected chi connectivity index (χ3v) is 5.74. The van der Waals surface area contributed by atoms with Gasteiger partial charge >= 0.3 is 0 Å². The lowest BCUT2D eigenvalue weighted by molar-refractivity contribution is 0.613. The molecule has 5 heteroatoms. The maximum atomic E-state index is 14.8. The number of imidazole rings is 1. The standard InChI is InChI=1S/C21H20FN3S/c1-13(2)14-6-8-15(9-7-14)20-24-19(21-25(20)10-11-26-21)17-5-3-4-16(12-23)18(17)22/h3-9H,1,10-12,23H2,2H3. The van der Waals surface area contributed by atoms with Crippen LogP contribution in [0.3, 0.4) is 0 Å². The van der Waals surface area contributed by atoms with Crippen molar-refractivity contribution in [2.75, 3.05) is 5.75 Å². The Bertz CT molecular complexity index is 989. The summed E-state index contributed by atoms with van der Waals surface area (Å²) in [7, 11) is 0. The molecular weight excluding hydrogens is 345 g/mol.